The highest BCUT2D eigenvalue weighted by Gasteiger charge is 2.13. The molecule has 4 nitrogen and oxygen atoms in total. The minimum absolute atomic E-state index is 0.793. The van der Waals surface area contributed by atoms with Gasteiger partial charge in [-0.05, 0) is 31.5 Å². The first-order valence-corrected chi connectivity index (χ1v) is 7.75. The number of thiophene rings is 1. The maximum absolute atomic E-state index is 5.22. The Balaban J connectivity index is 2.17. The molecule has 0 radical (unpaired) electrons. The first-order chi connectivity index (χ1) is 10.2. The molecule has 2 aromatic heterocycles. The number of hydrogen-bond acceptors (Lipinski definition) is 5. The number of nitrogens with zero attached hydrogens (tertiary/aromatic N) is 2. The van der Waals surface area contributed by atoms with E-state index in [1.807, 2.05) is 19.1 Å². The molecule has 0 atom stereocenters. The smallest absolute Gasteiger partial charge is 0.139 e. The molecule has 3 rings (SSSR count). The number of hydrogen-bond donors (Lipinski definition) is 1. The Hall–Kier alpha value is -2.14. The van der Waals surface area contributed by atoms with E-state index in [1.165, 1.54) is 0 Å². The van der Waals surface area contributed by atoms with E-state index in [9.17, 15) is 0 Å². The van der Waals surface area contributed by atoms with E-state index in [1.54, 1.807) is 18.4 Å². The Morgan fingerprint density at radius 1 is 1.19 bits per heavy atom. The summed E-state index contributed by atoms with van der Waals surface area (Å²) in [6.45, 7) is 4.83. The van der Waals surface area contributed by atoms with Crippen LogP contribution in [0.1, 0.15) is 12.7 Å². The summed E-state index contributed by atoms with van der Waals surface area (Å²) in [5.74, 6) is 2.56. The lowest BCUT2D eigenvalue weighted by Crippen LogP contribution is -2.02. The van der Waals surface area contributed by atoms with Gasteiger partial charge in [-0.15, -0.1) is 11.3 Å². The van der Waals surface area contributed by atoms with Crippen LogP contribution in [0, 0.1) is 6.92 Å². The number of rotatable bonds is 4. The lowest BCUT2D eigenvalue weighted by atomic mass is 10.1. The summed E-state index contributed by atoms with van der Waals surface area (Å²) >= 11 is 1.65. The molecule has 2 heterocycles. The SMILES string of the molecule is CCNc1nc(C)nc2scc(-c3ccc(OC)cc3)c12. The summed E-state index contributed by atoms with van der Waals surface area (Å²) in [7, 11) is 1.68. The predicted molar refractivity (Wildman–Crippen MR) is 88.3 cm³/mol. The second kappa shape index (κ2) is 5.69. The number of ether oxygens (including phenoxy) is 1. The first-order valence-electron chi connectivity index (χ1n) is 6.87. The highest BCUT2D eigenvalue weighted by molar-refractivity contribution is 7.17. The lowest BCUT2D eigenvalue weighted by Gasteiger charge is -2.08. The van der Waals surface area contributed by atoms with E-state index >= 15 is 0 Å². The number of benzene rings is 1. The number of aromatic nitrogens is 2. The molecule has 1 aromatic carbocycles. The van der Waals surface area contributed by atoms with Gasteiger partial charge in [0.2, 0.25) is 0 Å². The molecule has 0 aliphatic rings. The molecule has 0 aliphatic carbocycles. The van der Waals surface area contributed by atoms with Crippen molar-refractivity contribution in [3.05, 3.63) is 35.5 Å². The number of fused-ring (bicyclic) bond motifs is 1. The molecule has 0 fully saturated rings. The molecular formula is C16H17N3OS. The van der Waals surface area contributed by atoms with Crippen molar-refractivity contribution < 1.29 is 4.74 Å². The largest absolute Gasteiger partial charge is 0.497 e. The molecule has 21 heavy (non-hydrogen) atoms. The third-order valence-corrected chi connectivity index (χ3v) is 4.16. The van der Waals surface area contributed by atoms with Crippen LogP contribution in [0.2, 0.25) is 0 Å². The molecule has 0 bridgehead atoms. The van der Waals surface area contributed by atoms with E-state index in [2.05, 4.69) is 39.7 Å². The summed E-state index contributed by atoms with van der Waals surface area (Å²) in [6, 6.07) is 8.08. The van der Waals surface area contributed by atoms with Gasteiger partial charge in [-0.25, -0.2) is 9.97 Å². The van der Waals surface area contributed by atoms with E-state index in [0.29, 0.717) is 0 Å². The van der Waals surface area contributed by atoms with Crippen LogP contribution in [0.3, 0.4) is 0 Å². The lowest BCUT2D eigenvalue weighted by molar-refractivity contribution is 0.415. The Bertz CT molecular complexity index is 765. The fraction of sp³-hybridized carbons (Fsp3) is 0.250. The average Bonchev–Trinajstić information content (AvgIpc) is 2.91. The highest BCUT2D eigenvalue weighted by atomic mass is 32.1. The van der Waals surface area contributed by atoms with Gasteiger partial charge >= 0.3 is 0 Å². The second-order valence-corrected chi connectivity index (χ2v) is 5.57. The monoisotopic (exact) mass is 299 g/mol. The molecule has 0 spiro atoms. The van der Waals surface area contributed by atoms with Crippen molar-refractivity contribution in [3.8, 4) is 16.9 Å². The Morgan fingerprint density at radius 2 is 1.95 bits per heavy atom. The molecule has 108 valence electrons. The topological polar surface area (TPSA) is 47.0 Å². The quantitative estimate of drug-likeness (QED) is 0.787. The van der Waals surface area contributed by atoms with Gasteiger partial charge in [-0.3, -0.25) is 0 Å². The Labute approximate surface area is 127 Å². The van der Waals surface area contributed by atoms with Crippen LogP contribution in [0.15, 0.2) is 29.6 Å². The number of methoxy groups -OCH3 is 1. The number of anilines is 1. The zero-order valence-electron chi connectivity index (χ0n) is 12.3. The third kappa shape index (κ3) is 2.56. The molecule has 1 N–H and O–H groups in total. The van der Waals surface area contributed by atoms with Gasteiger partial charge in [0, 0.05) is 17.5 Å². The summed E-state index contributed by atoms with van der Waals surface area (Å²) in [4.78, 5) is 10.1. The van der Waals surface area contributed by atoms with Crippen LogP contribution in [0.25, 0.3) is 21.3 Å². The predicted octanol–water partition coefficient (Wildman–Crippen LogP) is 4.11. The maximum atomic E-state index is 5.22. The first kappa shape index (κ1) is 13.8. The zero-order chi connectivity index (χ0) is 14.8. The zero-order valence-corrected chi connectivity index (χ0v) is 13.1. The van der Waals surface area contributed by atoms with E-state index < -0.39 is 0 Å². The molecule has 0 amide bonds. The maximum Gasteiger partial charge on any atom is 0.139 e. The number of nitrogens with one attached hydrogen (secondary N) is 1. The van der Waals surface area contributed by atoms with Crippen molar-refractivity contribution in [1.82, 2.24) is 9.97 Å². The Morgan fingerprint density at radius 3 is 2.62 bits per heavy atom. The van der Waals surface area contributed by atoms with Gasteiger partial charge in [-0.2, -0.15) is 0 Å². The molecule has 0 saturated heterocycles. The summed E-state index contributed by atoms with van der Waals surface area (Å²) in [5.41, 5.74) is 2.31. The van der Waals surface area contributed by atoms with Gasteiger partial charge < -0.3 is 10.1 Å². The van der Waals surface area contributed by atoms with Crippen LogP contribution < -0.4 is 10.1 Å². The normalized spacial score (nSPS) is 10.8. The van der Waals surface area contributed by atoms with E-state index in [4.69, 9.17) is 4.74 Å². The van der Waals surface area contributed by atoms with Crippen molar-refractivity contribution in [1.29, 1.82) is 0 Å². The van der Waals surface area contributed by atoms with Gasteiger partial charge in [0.25, 0.3) is 0 Å². The van der Waals surface area contributed by atoms with Crippen molar-refractivity contribution >= 4 is 27.4 Å². The van der Waals surface area contributed by atoms with E-state index in [0.717, 1.165) is 45.3 Å². The van der Waals surface area contributed by atoms with Crippen LogP contribution in [0.5, 0.6) is 5.75 Å². The van der Waals surface area contributed by atoms with Crippen molar-refractivity contribution in [3.63, 3.8) is 0 Å². The minimum Gasteiger partial charge on any atom is -0.497 e. The van der Waals surface area contributed by atoms with E-state index in [-0.39, 0.29) is 0 Å². The van der Waals surface area contributed by atoms with Crippen molar-refractivity contribution in [2.75, 3.05) is 19.0 Å². The highest BCUT2D eigenvalue weighted by Crippen LogP contribution is 2.37. The second-order valence-electron chi connectivity index (χ2n) is 4.71. The molecular weight excluding hydrogens is 282 g/mol. The average molecular weight is 299 g/mol. The molecule has 0 saturated carbocycles. The van der Waals surface area contributed by atoms with Crippen LogP contribution in [0.4, 0.5) is 5.82 Å². The molecule has 0 unspecified atom stereocenters. The fourth-order valence-corrected chi connectivity index (χ4v) is 3.32. The number of aryl methyl sites for hydroxylation is 1. The van der Waals surface area contributed by atoms with Crippen molar-refractivity contribution in [2.45, 2.75) is 13.8 Å². The van der Waals surface area contributed by atoms with Crippen LogP contribution in [-0.4, -0.2) is 23.6 Å². The fourth-order valence-electron chi connectivity index (χ4n) is 2.33. The van der Waals surface area contributed by atoms with Gasteiger partial charge in [0.1, 0.15) is 22.2 Å². The summed E-state index contributed by atoms with van der Waals surface area (Å²) < 4.78 is 5.22. The third-order valence-electron chi connectivity index (χ3n) is 3.29. The standard InChI is InChI=1S/C16H17N3OS/c1-4-17-15-14-13(9-21-16(14)19-10(2)18-15)11-5-7-12(20-3)8-6-11/h5-9H,4H2,1-3H3,(H,17,18,19). The van der Waals surface area contributed by atoms with Gasteiger partial charge in [0.05, 0.1) is 12.5 Å². The van der Waals surface area contributed by atoms with Gasteiger partial charge in [0.15, 0.2) is 0 Å². The molecule has 5 heteroatoms. The van der Waals surface area contributed by atoms with Gasteiger partial charge in [-0.1, -0.05) is 12.1 Å². The minimum atomic E-state index is 0.793. The Kier molecular flexibility index (Phi) is 3.75. The van der Waals surface area contributed by atoms with Crippen LogP contribution in [-0.2, 0) is 0 Å². The summed E-state index contributed by atoms with van der Waals surface area (Å²) in [5, 5.41) is 6.58. The van der Waals surface area contributed by atoms with Crippen molar-refractivity contribution in [2.24, 2.45) is 0 Å². The van der Waals surface area contributed by atoms with Crippen LogP contribution >= 0.6 is 11.3 Å². The molecule has 0 aliphatic heterocycles. The molecule has 3 aromatic rings. The summed E-state index contributed by atoms with van der Waals surface area (Å²) in [6.07, 6.45) is 0.